The molecule has 1 aromatic rings. The predicted octanol–water partition coefficient (Wildman–Crippen LogP) is 1.87. The number of hydrogen-bond acceptors (Lipinski definition) is 4. The highest BCUT2D eigenvalue weighted by Crippen LogP contribution is 2.24. The van der Waals surface area contributed by atoms with Crippen LogP contribution in [0.25, 0.3) is 0 Å². The lowest BCUT2D eigenvalue weighted by molar-refractivity contribution is -0.114. The zero-order chi connectivity index (χ0) is 12.1. The van der Waals surface area contributed by atoms with Crippen LogP contribution in [-0.4, -0.2) is 25.8 Å². The highest BCUT2D eigenvalue weighted by atomic mass is 16.5. The summed E-state index contributed by atoms with van der Waals surface area (Å²) in [7, 11) is 2.95. The van der Waals surface area contributed by atoms with E-state index >= 15 is 0 Å². The zero-order valence-electron chi connectivity index (χ0n) is 9.57. The van der Waals surface area contributed by atoms with Crippen LogP contribution in [0.5, 0.6) is 11.5 Å². The smallest absolute Gasteiger partial charge is 0.232 e. The molecule has 86 valence electrons. The summed E-state index contributed by atoms with van der Waals surface area (Å²) in [4.78, 5) is 23.1. The maximum Gasteiger partial charge on any atom is 0.232 e. The predicted molar refractivity (Wildman–Crippen MR) is 59.2 cm³/mol. The van der Waals surface area contributed by atoms with Gasteiger partial charge >= 0.3 is 0 Å². The van der Waals surface area contributed by atoms with Crippen molar-refractivity contribution in [1.29, 1.82) is 0 Å². The Morgan fingerprint density at radius 3 is 2.38 bits per heavy atom. The Morgan fingerprint density at radius 2 is 1.88 bits per heavy atom. The Morgan fingerprint density at radius 1 is 1.19 bits per heavy atom. The minimum atomic E-state index is -0.543. The van der Waals surface area contributed by atoms with Crippen LogP contribution in [0.15, 0.2) is 18.2 Å². The van der Waals surface area contributed by atoms with Gasteiger partial charge in [-0.05, 0) is 18.2 Å². The summed E-state index contributed by atoms with van der Waals surface area (Å²) < 4.78 is 10.0. The minimum absolute atomic E-state index is 0.180. The van der Waals surface area contributed by atoms with Crippen LogP contribution in [-0.2, 0) is 4.79 Å². The standard InChI is InChI=1S/C12H14O4/c1-4-10(13)12(14)9-7-8(15-2)5-6-11(9)16-3/h5-7H,4H2,1-3H3. The summed E-state index contributed by atoms with van der Waals surface area (Å²) in [5, 5.41) is 0. The first-order valence-corrected chi connectivity index (χ1v) is 4.93. The van der Waals surface area contributed by atoms with Crippen molar-refractivity contribution in [2.24, 2.45) is 0 Å². The summed E-state index contributed by atoms with van der Waals surface area (Å²) in [5.41, 5.74) is 0.244. The maximum absolute atomic E-state index is 11.7. The molecule has 16 heavy (non-hydrogen) atoms. The van der Waals surface area contributed by atoms with Gasteiger partial charge < -0.3 is 9.47 Å². The van der Waals surface area contributed by atoms with Crippen LogP contribution in [0.3, 0.4) is 0 Å². The third-order valence-electron chi connectivity index (χ3n) is 2.23. The van der Waals surface area contributed by atoms with Crippen LogP contribution in [0.2, 0.25) is 0 Å². The summed E-state index contributed by atoms with van der Waals surface area (Å²) in [5.74, 6) is -0.0783. The molecule has 0 aliphatic carbocycles. The van der Waals surface area contributed by atoms with E-state index in [0.717, 1.165) is 0 Å². The fraction of sp³-hybridized carbons (Fsp3) is 0.333. The van der Waals surface area contributed by atoms with E-state index in [-0.39, 0.29) is 12.0 Å². The van der Waals surface area contributed by atoms with Gasteiger partial charge in [-0.15, -0.1) is 0 Å². The number of ketones is 2. The molecule has 0 unspecified atom stereocenters. The molecule has 0 N–H and O–H groups in total. The Bertz CT molecular complexity index is 409. The topological polar surface area (TPSA) is 52.6 Å². The van der Waals surface area contributed by atoms with Crippen molar-refractivity contribution in [2.45, 2.75) is 13.3 Å². The van der Waals surface area contributed by atoms with Crippen molar-refractivity contribution in [3.05, 3.63) is 23.8 Å². The van der Waals surface area contributed by atoms with Gasteiger partial charge in [0.1, 0.15) is 11.5 Å². The number of carbonyl (C=O) groups excluding carboxylic acids is 2. The van der Waals surface area contributed by atoms with Gasteiger partial charge in [0, 0.05) is 6.42 Å². The second-order valence-corrected chi connectivity index (χ2v) is 3.17. The molecule has 4 nitrogen and oxygen atoms in total. The lowest BCUT2D eigenvalue weighted by Gasteiger charge is -2.08. The molecule has 4 heteroatoms. The maximum atomic E-state index is 11.7. The van der Waals surface area contributed by atoms with Crippen molar-refractivity contribution in [3.63, 3.8) is 0 Å². The molecule has 1 rings (SSSR count). The highest BCUT2D eigenvalue weighted by Gasteiger charge is 2.19. The molecule has 0 aliphatic rings. The molecule has 0 spiro atoms. The van der Waals surface area contributed by atoms with E-state index in [0.29, 0.717) is 11.5 Å². The molecule has 1 aromatic carbocycles. The summed E-state index contributed by atoms with van der Waals surface area (Å²) in [6.45, 7) is 1.65. The number of hydrogen-bond donors (Lipinski definition) is 0. The lowest BCUT2D eigenvalue weighted by Crippen LogP contribution is -2.14. The number of benzene rings is 1. The van der Waals surface area contributed by atoms with E-state index in [1.807, 2.05) is 0 Å². The van der Waals surface area contributed by atoms with E-state index in [2.05, 4.69) is 0 Å². The number of ether oxygens (including phenoxy) is 2. The molecule has 0 aliphatic heterocycles. The van der Waals surface area contributed by atoms with Gasteiger partial charge in [0.25, 0.3) is 0 Å². The Hall–Kier alpha value is -1.84. The third kappa shape index (κ3) is 2.39. The number of Topliss-reactive ketones (excluding diaryl/α,β-unsaturated/α-hetero) is 2. The van der Waals surface area contributed by atoms with Gasteiger partial charge in [-0.25, -0.2) is 0 Å². The molecular weight excluding hydrogens is 208 g/mol. The molecule has 0 saturated carbocycles. The minimum Gasteiger partial charge on any atom is -0.497 e. The van der Waals surface area contributed by atoms with Gasteiger partial charge in [-0.3, -0.25) is 9.59 Å². The highest BCUT2D eigenvalue weighted by molar-refractivity contribution is 6.44. The van der Waals surface area contributed by atoms with E-state index in [9.17, 15) is 9.59 Å². The number of carbonyl (C=O) groups is 2. The Balaban J connectivity index is 3.18. The van der Waals surface area contributed by atoms with E-state index in [4.69, 9.17) is 9.47 Å². The van der Waals surface area contributed by atoms with Crippen LogP contribution in [0.4, 0.5) is 0 Å². The van der Waals surface area contributed by atoms with E-state index < -0.39 is 11.6 Å². The van der Waals surface area contributed by atoms with Gasteiger partial charge in [0.05, 0.1) is 19.8 Å². The monoisotopic (exact) mass is 222 g/mol. The first-order chi connectivity index (χ1) is 7.63. The van der Waals surface area contributed by atoms with Crippen molar-refractivity contribution in [3.8, 4) is 11.5 Å². The first-order valence-electron chi connectivity index (χ1n) is 4.93. The molecule has 0 atom stereocenters. The van der Waals surface area contributed by atoms with Gasteiger partial charge in [-0.2, -0.15) is 0 Å². The first kappa shape index (κ1) is 12.2. The summed E-state index contributed by atoms with van der Waals surface area (Å²) >= 11 is 0. The molecule has 0 radical (unpaired) electrons. The fourth-order valence-corrected chi connectivity index (χ4v) is 1.30. The van der Waals surface area contributed by atoms with E-state index in [1.165, 1.54) is 20.3 Å². The van der Waals surface area contributed by atoms with Crippen LogP contribution in [0.1, 0.15) is 23.7 Å². The average molecular weight is 222 g/mol. The molecule has 0 bridgehead atoms. The van der Waals surface area contributed by atoms with E-state index in [1.54, 1.807) is 19.1 Å². The lowest BCUT2D eigenvalue weighted by atomic mass is 10.0. The van der Waals surface area contributed by atoms with Gasteiger partial charge in [-0.1, -0.05) is 6.92 Å². The van der Waals surface area contributed by atoms with Crippen molar-refractivity contribution >= 4 is 11.6 Å². The van der Waals surface area contributed by atoms with Crippen LogP contribution < -0.4 is 9.47 Å². The fourth-order valence-electron chi connectivity index (χ4n) is 1.30. The van der Waals surface area contributed by atoms with Crippen molar-refractivity contribution < 1.29 is 19.1 Å². The molecule has 0 fully saturated rings. The Labute approximate surface area is 94.2 Å². The second kappa shape index (κ2) is 5.30. The molecule has 0 aromatic heterocycles. The van der Waals surface area contributed by atoms with Gasteiger partial charge in [0.15, 0.2) is 0 Å². The number of methoxy groups -OCH3 is 2. The average Bonchev–Trinajstić information content (AvgIpc) is 2.35. The van der Waals surface area contributed by atoms with Crippen molar-refractivity contribution in [2.75, 3.05) is 14.2 Å². The van der Waals surface area contributed by atoms with Gasteiger partial charge in [0.2, 0.25) is 11.6 Å². The van der Waals surface area contributed by atoms with Crippen LogP contribution in [0, 0.1) is 0 Å². The number of rotatable bonds is 5. The van der Waals surface area contributed by atoms with Crippen LogP contribution >= 0.6 is 0 Å². The molecule has 0 amide bonds. The summed E-state index contributed by atoms with van der Waals surface area (Å²) in [6, 6.07) is 4.79. The molecule has 0 saturated heterocycles. The SMILES string of the molecule is CCC(=O)C(=O)c1cc(OC)ccc1OC. The quantitative estimate of drug-likeness (QED) is 0.563. The molecular formula is C12H14O4. The zero-order valence-corrected chi connectivity index (χ0v) is 9.57. The largest absolute Gasteiger partial charge is 0.497 e. The molecule has 0 heterocycles. The summed E-state index contributed by atoms with van der Waals surface area (Å²) in [6.07, 6.45) is 0.180. The normalized spacial score (nSPS) is 9.69. The second-order valence-electron chi connectivity index (χ2n) is 3.17. The third-order valence-corrected chi connectivity index (χ3v) is 2.23. The van der Waals surface area contributed by atoms with Crippen molar-refractivity contribution in [1.82, 2.24) is 0 Å². The Kier molecular flexibility index (Phi) is 4.05.